The lowest BCUT2D eigenvalue weighted by Crippen LogP contribution is -2.34. The maximum Gasteiger partial charge on any atom is 0.416 e. The van der Waals surface area contributed by atoms with E-state index >= 15 is 0 Å². The van der Waals surface area contributed by atoms with Crippen molar-refractivity contribution >= 4 is 17.3 Å². The minimum Gasteiger partial charge on any atom is -0.379 e. The van der Waals surface area contributed by atoms with Crippen LogP contribution in [-0.2, 0) is 6.18 Å². The van der Waals surface area contributed by atoms with Gasteiger partial charge in [0, 0.05) is 11.9 Å². The van der Waals surface area contributed by atoms with E-state index < -0.39 is 17.6 Å². The molecular formula is C14H18ClF4N. The van der Waals surface area contributed by atoms with Crippen LogP contribution in [0.3, 0.4) is 0 Å². The highest BCUT2D eigenvalue weighted by Crippen LogP contribution is 2.33. The van der Waals surface area contributed by atoms with E-state index in [9.17, 15) is 17.6 Å². The topological polar surface area (TPSA) is 12.0 Å². The first-order chi connectivity index (χ1) is 9.05. The van der Waals surface area contributed by atoms with Crippen LogP contribution in [0.2, 0.25) is 0 Å². The van der Waals surface area contributed by atoms with Crippen molar-refractivity contribution < 1.29 is 17.6 Å². The van der Waals surface area contributed by atoms with Gasteiger partial charge in [0.05, 0.1) is 11.3 Å². The summed E-state index contributed by atoms with van der Waals surface area (Å²) in [7, 11) is 0. The summed E-state index contributed by atoms with van der Waals surface area (Å²) in [4.78, 5) is 0. The maximum absolute atomic E-state index is 13.8. The van der Waals surface area contributed by atoms with Crippen LogP contribution in [0, 0.1) is 11.2 Å². The molecule has 0 saturated heterocycles. The second-order valence-electron chi connectivity index (χ2n) is 5.73. The van der Waals surface area contributed by atoms with Crippen molar-refractivity contribution in [3.8, 4) is 0 Å². The third kappa shape index (κ3) is 4.54. The van der Waals surface area contributed by atoms with E-state index in [4.69, 9.17) is 11.6 Å². The molecular weight excluding hydrogens is 294 g/mol. The Morgan fingerprint density at radius 2 is 1.80 bits per heavy atom. The molecule has 1 nitrogen and oxygen atoms in total. The summed E-state index contributed by atoms with van der Waals surface area (Å²) in [6, 6.07) is 2.35. The molecule has 1 aromatic rings. The number of rotatable bonds is 4. The molecule has 20 heavy (non-hydrogen) atoms. The van der Waals surface area contributed by atoms with Crippen molar-refractivity contribution in [1.29, 1.82) is 0 Å². The first-order valence-electron chi connectivity index (χ1n) is 6.25. The Balaban J connectivity index is 2.98. The van der Waals surface area contributed by atoms with Gasteiger partial charge in [-0.25, -0.2) is 4.39 Å². The molecule has 114 valence electrons. The molecule has 1 atom stereocenters. The summed E-state index contributed by atoms with van der Waals surface area (Å²) in [6.07, 6.45) is -3.95. The molecule has 0 spiro atoms. The molecule has 0 aromatic heterocycles. The number of halogens is 5. The zero-order valence-corrected chi connectivity index (χ0v) is 12.4. The Morgan fingerprint density at radius 1 is 1.20 bits per heavy atom. The number of hydrogen-bond donors (Lipinski definition) is 1. The molecule has 1 unspecified atom stereocenters. The van der Waals surface area contributed by atoms with E-state index in [2.05, 4.69) is 5.32 Å². The minimum atomic E-state index is -4.54. The molecule has 0 heterocycles. The van der Waals surface area contributed by atoms with Crippen LogP contribution in [0.25, 0.3) is 0 Å². The molecule has 0 aliphatic heterocycles. The zero-order valence-electron chi connectivity index (χ0n) is 11.6. The third-order valence-electron chi connectivity index (χ3n) is 3.07. The lowest BCUT2D eigenvalue weighted by atomic mass is 9.85. The van der Waals surface area contributed by atoms with Crippen LogP contribution in [0.4, 0.5) is 23.2 Å². The second-order valence-corrected chi connectivity index (χ2v) is 6.11. The van der Waals surface area contributed by atoms with Crippen molar-refractivity contribution in [3.05, 3.63) is 29.6 Å². The highest BCUT2D eigenvalue weighted by atomic mass is 35.5. The van der Waals surface area contributed by atoms with Gasteiger partial charge in [-0.1, -0.05) is 20.8 Å². The highest BCUT2D eigenvalue weighted by molar-refractivity contribution is 6.17. The Kier molecular flexibility index (Phi) is 5.30. The van der Waals surface area contributed by atoms with Gasteiger partial charge in [0.25, 0.3) is 0 Å². The van der Waals surface area contributed by atoms with E-state index in [1.165, 1.54) is 0 Å². The number of alkyl halides is 4. The lowest BCUT2D eigenvalue weighted by Gasteiger charge is -2.32. The molecule has 0 aliphatic carbocycles. The molecule has 0 radical (unpaired) electrons. The van der Waals surface area contributed by atoms with E-state index in [1.54, 1.807) is 0 Å². The molecule has 0 fully saturated rings. The van der Waals surface area contributed by atoms with Crippen LogP contribution in [-0.4, -0.2) is 11.9 Å². The van der Waals surface area contributed by atoms with E-state index in [-0.39, 0.29) is 17.1 Å². The summed E-state index contributed by atoms with van der Waals surface area (Å²) < 4.78 is 51.2. The Morgan fingerprint density at radius 3 is 2.20 bits per heavy atom. The van der Waals surface area contributed by atoms with Crippen LogP contribution >= 0.6 is 11.6 Å². The smallest absolute Gasteiger partial charge is 0.379 e. The van der Waals surface area contributed by atoms with Gasteiger partial charge in [0.15, 0.2) is 0 Å². The molecule has 0 saturated carbocycles. The Bertz CT molecular complexity index is 451. The van der Waals surface area contributed by atoms with Gasteiger partial charge < -0.3 is 5.32 Å². The van der Waals surface area contributed by atoms with Gasteiger partial charge in [-0.3, -0.25) is 0 Å². The molecule has 1 rings (SSSR count). The predicted octanol–water partition coefficient (Wildman–Crippen LogP) is 5.30. The number of benzene rings is 1. The fourth-order valence-corrected chi connectivity index (χ4v) is 2.05. The second kappa shape index (κ2) is 6.20. The zero-order chi connectivity index (χ0) is 15.6. The molecule has 0 aliphatic rings. The van der Waals surface area contributed by atoms with Gasteiger partial charge in [0.1, 0.15) is 5.82 Å². The van der Waals surface area contributed by atoms with Gasteiger partial charge >= 0.3 is 6.18 Å². The standard InChI is InChI=1S/C14H18ClF4N/c1-13(2,3)12(6-7-15)20-11-5-4-9(8-10(11)16)14(17,18)19/h4-5,8,12,20H,6-7H2,1-3H3. The van der Waals surface area contributed by atoms with Gasteiger partial charge in [-0.2, -0.15) is 13.2 Å². The molecule has 6 heteroatoms. The lowest BCUT2D eigenvalue weighted by molar-refractivity contribution is -0.137. The van der Waals surface area contributed by atoms with Crippen molar-refractivity contribution in [2.45, 2.75) is 39.4 Å². The molecule has 1 aromatic carbocycles. The Labute approximate surface area is 121 Å². The quantitative estimate of drug-likeness (QED) is 0.587. The number of anilines is 1. The Hall–Kier alpha value is -0.970. The average molecular weight is 312 g/mol. The fraction of sp³-hybridized carbons (Fsp3) is 0.571. The minimum absolute atomic E-state index is 0.0584. The van der Waals surface area contributed by atoms with Gasteiger partial charge in [-0.15, -0.1) is 11.6 Å². The van der Waals surface area contributed by atoms with Gasteiger partial charge in [-0.05, 0) is 30.0 Å². The summed E-state index contributed by atoms with van der Waals surface area (Å²) in [5.41, 5.74) is -1.13. The molecule has 0 bridgehead atoms. The van der Waals surface area contributed by atoms with E-state index in [0.29, 0.717) is 18.4 Å². The first kappa shape index (κ1) is 17.1. The van der Waals surface area contributed by atoms with Crippen LogP contribution in [0.5, 0.6) is 0 Å². The van der Waals surface area contributed by atoms with Crippen LogP contribution in [0.15, 0.2) is 18.2 Å². The van der Waals surface area contributed by atoms with Crippen LogP contribution < -0.4 is 5.32 Å². The van der Waals surface area contributed by atoms with Crippen molar-refractivity contribution in [2.24, 2.45) is 5.41 Å². The van der Waals surface area contributed by atoms with Crippen molar-refractivity contribution in [3.63, 3.8) is 0 Å². The van der Waals surface area contributed by atoms with Crippen LogP contribution in [0.1, 0.15) is 32.8 Å². The highest BCUT2D eigenvalue weighted by Gasteiger charge is 2.31. The largest absolute Gasteiger partial charge is 0.416 e. The predicted molar refractivity (Wildman–Crippen MR) is 73.6 cm³/mol. The number of nitrogens with one attached hydrogen (secondary N) is 1. The summed E-state index contributed by atoms with van der Waals surface area (Å²) in [5.74, 6) is -0.527. The fourth-order valence-electron chi connectivity index (χ4n) is 1.83. The summed E-state index contributed by atoms with van der Waals surface area (Å²) in [6.45, 7) is 5.87. The summed E-state index contributed by atoms with van der Waals surface area (Å²) >= 11 is 5.71. The average Bonchev–Trinajstić information content (AvgIpc) is 2.28. The third-order valence-corrected chi connectivity index (χ3v) is 3.29. The van der Waals surface area contributed by atoms with E-state index in [0.717, 1.165) is 12.1 Å². The van der Waals surface area contributed by atoms with Crippen molar-refractivity contribution in [1.82, 2.24) is 0 Å². The monoisotopic (exact) mass is 311 g/mol. The molecule has 1 N–H and O–H groups in total. The van der Waals surface area contributed by atoms with Crippen molar-refractivity contribution in [2.75, 3.05) is 11.2 Å². The number of hydrogen-bond acceptors (Lipinski definition) is 1. The summed E-state index contributed by atoms with van der Waals surface area (Å²) in [5, 5.41) is 2.94. The van der Waals surface area contributed by atoms with E-state index in [1.807, 2.05) is 20.8 Å². The maximum atomic E-state index is 13.8. The normalized spacial score (nSPS) is 14.2. The SMILES string of the molecule is CC(C)(C)C(CCCl)Nc1ccc(C(F)(F)F)cc1F. The van der Waals surface area contributed by atoms with Gasteiger partial charge in [0.2, 0.25) is 0 Å². The first-order valence-corrected chi connectivity index (χ1v) is 6.78. The molecule has 0 amide bonds.